The van der Waals surface area contributed by atoms with Crippen molar-refractivity contribution in [2.75, 3.05) is 13.2 Å². The molecule has 1 atom stereocenters. The van der Waals surface area contributed by atoms with Crippen LogP contribution in [0.4, 0.5) is 0 Å². The molecule has 1 N–H and O–H groups in total. The Bertz CT molecular complexity index is 541. The van der Waals surface area contributed by atoms with E-state index in [2.05, 4.69) is 34.1 Å². The number of aryl methyl sites for hydroxylation is 1. The largest absolute Gasteiger partial charge is 0.396 e. The van der Waals surface area contributed by atoms with Gasteiger partial charge in [-0.05, 0) is 30.4 Å². The lowest BCUT2D eigenvalue weighted by Crippen LogP contribution is -2.28. The molecule has 3 rings (SSSR count). The molecule has 4 heteroatoms. The van der Waals surface area contributed by atoms with Crippen LogP contribution in [0.3, 0.4) is 0 Å². The zero-order chi connectivity index (χ0) is 13.8. The number of hydrogen-bond donors (Lipinski definition) is 1. The summed E-state index contributed by atoms with van der Waals surface area (Å²) >= 11 is 1.71. The van der Waals surface area contributed by atoms with Gasteiger partial charge in [0.1, 0.15) is 0 Å². The minimum atomic E-state index is 0.257. The highest BCUT2D eigenvalue weighted by atomic mass is 32.1. The third-order valence-corrected chi connectivity index (χ3v) is 4.75. The van der Waals surface area contributed by atoms with Crippen LogP contribution in [0.2, 0.25) is 0 Å². The molecule has 3 nitrogen and oxygen atoms in total. The van der Waals surface area contributed by atoms with Crippen LogP contribution in [0.15, 0.2) is 36.0 Å². The van der Waals surface area contributed by atoms with Crippen molar-refractivity contribution in [2.45, 2.75) is 31.8 Å². The summed E-state index contributed by atoms with van der Waals surface area (Å²) in [4.78, 5) is 7.96. The topological polar surface area (TPSA) is 36.4 Å². The van der Waals surface area contributed by atoms with Crippen molar-refractivity contribution in [1.29, 1.82) is 0 Å². The first-order valence-corrected chi connectivity index (χ1v) is 8.06. The molecule has 0 amide bonds. The Labute approximate surface area is 123 Å². The SMILES string of the molecule is OCCCN(Cc1cncs1)C1CCc2ccccc21. The Balaban J connectivity index is 1.79. The van der Waals surface area contributed by atoms with Gasteiger partial charge in [-0.2, -0.15) is 0 Å². The molecule has 1 aromatic carbocycles. The second kappa shape index (κ2) is 6.48. The number of aromatic nitrogens is 1. The van der Waals surface area contributed by atoms with Gasteiger partial charge in [0.25, 0.3) is 0 Å². The van der Waals surface area contributed by atoms with Crippen molar-refractivity contribution in [2.24, 2.45) is 0 Å². The van der Waals surface area contributed by atoms with E-state index in [1.165, 1.54) is 28.8 Å². The van der Waals surface area contributed by atoms with Gasteiger partial charge in [0, 0.05) is 36.8 Å². The van der Waals surface area contributed by atoms with E-state index < -0.39 is 0 Å². The lowest BCUT2D eigenvalue weighted by atomic mass is 10.1. The van der Waals surface area contributed by atoms with Crippen LogP contribution in [-0.2, 0) is 13.0 Å². The van der Waals surface area contributed by atoms with Crippen molar-refractivity contribution < 1.29 is 5.11 Å². The second-order valence-electron chi connectivity index (χ2n) is 5.27. The van der Waals surface area contributed by atoms with Crippen LogP contribution in [0.25, 0.3) is 0 Å². The minimum absolute atomic E-state index is 0.257. The number of aliphatic hydroxyl groups excluding tert-OH is 1. The van der Waals surface area contributed by atoms with Gasteiger partial charge >= 0.3 is 0 Å². The molecule has 1 aromatic heterocycles. The maximum Gasteiger partial charge on any atom is 0.0794 e. The summed E-state index contributed by atoms with van der Waals surface area (Å²) in [5.74, 6) is 0. The van der Waals surface area contributed by atoms with E-state index in [0.29, 0.717) is 6.04 Å². The zero-order valence-electron chi connectivity index (χ0n) is 11.5. The third-order valence-electron chi connectivity index (χ3n) is 3.99. The Kier molecular flexibility index (Phi) is 4.45. The average molecular weight is 288 g/mol. The molecule has 0 saturated carbocycles. The lowest BCUT2D eigenvalue weighted by Gasteiger charge is -2.29. The van der Waals surface area contributed by atoms with Crippen LogP contribution >= 0.6 is 11.3 Å². The predicted molar refractivity (Wildman–Crippen MR) is 81.7 cm³/mol. The first-order chi connectivity index (χ1) is 9.88. The average Bonchev–Trinajstić information content (AvgIpc) is 3.12. The molecule has 2 aromatic rings. The first-order valence-electron chi connectivity index (χ1n) is 7.18. The van der Waals surface area contributed by atoms with Crippen molar-refractivity contribution in [3.05, 3.63) is 52.0 Å². The normalized spacial score (nSPS) is 17.6. The fourth-order valence-electron chi connectivity index (χ4n) is 3.05. The van der Waals surface area contributed by atoms with Gasteiger partial charge in [-0.15, -0.1) is 11.3 Å². The summed E-state index contributed by atoms with van der Waals surface area (Å²) in [7, 11) is 0. The van der Waals surface area contributed by atoms with Crippen molar-refractivity contribution in [3.8, 4) is 0 Å². The number of rotatable bonds is 6. The molecule has 20 heavy (non-hydrogen) atoms. The van der Waals surface area contributed by atoms with Crippen LogP contribution in [0.1, 0.15) is 34.9 Å². The molecule has 0 spiro atoms. The molecular formula is C16H20N2OS. The van der Waals surface area contributed by atoms with E-state index in [0.717, 1.165) is 19.5 Å². The van der Waals surface area contributed by atoms with Crippen LogP contribution in [0.5, 0.6) is 0 Å². The van der Waals surface area contributed by atoms with Gasteiger partial charge in [0.05, 0.1) is 5.51 Å². The van der Waals surface area contributed by atoms with E-state index in [4.69, 9.17) is 5.11 Å². The molecule has 1 unspecified atom stereocenters. The van der Waals surface area contributed by atoms with Crippen LogP contribution in [0, 0.1) is 0 Å². The second-order valence-corrected chi connectivity index (χ2v) is 6.24. The highest BCUT2D eigenvalue weighted by Crippen LogP contribution is 2.36. The van der Waals surface area contributed by atoms with E-state index in [1.54, 1.807) is 11.3 Å². The lowest BCUT2D eigenvalue weighted by molar-refractivity contribution is 0.167. The summed E-state index contributed by atoms with van der Waals surface area (Å²) in [6, 6.07) is 9.24. The van der Waals surface area contributed by atoms with E-state index in [1.807, 2.05) is 11.7 Å². The Morgan fingerprint density at radius 1 is 1.35 bits per heavy atom. The van der Waals surface area contributed by atoms with E-state index >= 15 is 0 Å². The summed E-state index contributed by atoms with van der Waals surface area (Å²) in [6.45, 7) is 2.13. The summed E-state index contributed by atoms with van der Waals surface area (Å²) in [5.41, 5.74) is 4.84. The third kappa shape index (κ3) is 2.92. The van der Waals surface area contributed by atoms with E-state index in [-0.39, 0.29) is 6.61 Å². The van der Waals surface area contributed by atoms with Gasteiger partial charge < -0.3 is 5.11 Å². The van der Waals surface area contributed by atoms with Gasteiger partial charge in [-0.1, -0.05) is 24.3 Å². The van der Waals surface area contributed by atoms with Crippen molar-refractivity contribution in [1.82, 2.24) is 9.88 Å². The molecule has 0 radical (unpaired) electrons. The van der Waals surface area contributed by atoms with Gasteiger partial charge in [-0.3, -0.25) is 9.88 Å². The summed E-state index contributed by atoms with van der Waals surface area (Å²) in [5, 5.41) is 9.14. The molecule has 1 heterocycles. The van der Waals surface area contributed by atoms with Gasteiger partial charge in [0.15, 0.2) is 0 Å². The number of aliphatic hydroxyl groups is 1. The quantitative estimate of drug-likeness (QED) is 0.887. The fraction of sp³-hybridized carbons (Fsp3) is 0.438. The van der Waals surface area contributed by atoms with Crippen molar-refractivity contribution >= 4 is 11.3 Å². The van der Waals surface area contributed by atoms with Gasteiger partial charge in [0.2, 0.25) is 0 Å². The molecule has 1 aliphatic rings. The molecule has 0 bridgehead atoms. The summed E-state index contributed by atoms with van der Waals surface area (Å²) in [6.07, 6.45) is 5.14. The zero-order valence-corrected chi connectivity index (χ0v) is 12.4. The van der Waals surface area contributed by atoms with E-state index in [9.17, 15) is 0 Å². The molecule has 0 fully saturated rings. The number of hydrogen-bond acceptors (Lipinski definition) is 4. The maximum absolute atomic E-state index is 9.14. The predicted octanol–water partition coefficient (Wildman–Crippen LogP) is 3.02. The summed E-state index contributed by atoms with van der Waals surface area (Å²) < 4.78 is 0. The minimum Gasteiger partial charge on any atom is -0.396 e. The van der Waals surface area contributed by atoms with Crippen molar-refractivity contribution in [3.63, 3.8) is 0 Å². The Hall–Kier alpha value is -1.23. The number of fused-ring (bicyclic) bond motifs is 1. The molecule has 1 aliphatic carbocycles. The molecule has 0 aliphatic heterocycles. The first kappa shape index (κ1) is 13.7. The van der Waals surface area contributed by atoms with Gasteiger partial charge in [-0.25, -0.2) is 0 Å². The highest BCUT2D eigenvalue weighted by molar-refractivity contribution is 7.09. The Morgan fingerprint density at radius 2 is 2.25 bits per heavy atom. The fourth-order valence-corrected chi connectivity index (χ4v) is 3.67. The molecule has 0 saturated heterocycles. The molecular weight excluding hydrogens is 268 g/mol. The Morgan fingerprint density at radius 3 is 3.05 bits per heavy atom. The van der Waals surface area contributed by atoms with Crippen LogP contribution < -0.4 is 0 Å². The van der Waals surface area contributed by atoms with Crippen LogP contribution in [-0.4, -0.2) is 28.1 Å². The standard InChI is InChI=1S/C16H20N2OS/c19-9-3-8-18(11-14-10-17-12-20-14)16-7-6-13-4-1-2-5-15(13)16/h1-2,4-5,10,12,16,19H,3,6-9,11H2. The monoisotopic (exact) mass is 288 g/mol. The highest BCUT2D eigenvalue weighted by Gasteiger charge is 2.27. The number of benzene rings is 1. The number of nitrogens with zero attached hydrogens (tertiary/aromatic N) is 2. The molecule has 106 valence electrons. The number of thiazole rings is 1. The smallest absolute Gasteiger partial charge is 0.0794 e. The maximum atomic E-state index is 9.14.